The number of benzene rings is 1. The third-order valence-electron chi connectivity index (χ3n) is 3.63. The molecule has 1 aromatic carbocycles. The summed E-state index contributed by atoms with van der Waals surface area (Å²) in [5.41, 5.74) is 1.57. The monoisotopic (exact) mass is 305 g/mol. The normalized spacial score (nSPS) is 17.9. The lowest BCUT2D eigenvalue weighted by Crippen LogP contribution is -2.35. The minimum Gasteiger partial charge on any atom is -0.444 e. The molecule has 22 heavy (non-hydrogen) atoms. The van der Waals surface area contributed by atoms with Crippen LogP contribution in [0, 0.1) is 0 Å². The molecule has 0 spiro atoms. The second-order valence-corrected chi connectivity index (χ2v) is 7.20. The van der Waals surface area contributed by atoms with E-state index in [1.54, 1.807) is 0 Å². The molecular weight excluding hydrogens is 281 g/mol. The Hall–Kier alpha value is -1.53. The second-order valence-electron chi connectivity index (χ2n) is 7.20. The molecule has 0 saturated heterocycles. The summed E-state index contributed by atoms with van der Waals surface area (Å²) in [4.78, 5) is 11.8. The molecule has 1 aliphatic rings. The fourth-order valence-corrected chi connectivity index (χ4v) is 2.58. The molecule has 1 heterocycles. The van der Waals surface area contributed by atoms with Gasteiger partial charge in [0.05, 0.1) is 11.6 Å². The van der Waals surface area contributed by atoms with E-state index >= 15 is 0 Å². The van der Waals surface area contributed by atoms with E-state index in [1.165, 1.54) is 0 Å². The van der Waals surface area contributed by atoms with Crippen LogP contribution in [-0.2, 0) is 15.0 Å². The van der Waals surface area contributed by atoms with Crippen molar-refractivity contribution in [1.29, 1.82) is 0 Å². The van der Waals surface area contributed by atoms with Crippen LogP contribution in [0.5, 0.6) is 0 Å². The van der Waals surface area contributed by atoms with Gasteiger partial charge in [0.15, 0.2) is 0 Å². The zero-order chi connectivity index (χ0) is 16.7. The molecule has 120 valence electrons. The first-order chi connectivity index (χ1) is 9.99. The van der Waals surface area contributed by atoms with Gasteiger partial charge in [-0.2, -0.15) is 0 Å². The van der Waals surface area contributed by atoms with Crippen LogP contribution >= 0.6 is 0 Å². The first-order valence-corrected chi connectivity index (χ1v) is 7.49. The quantitative estimate of drug-likeness (QED) is 0.822. The molecule has 0 bridgehead atoms. The van der Waals surface area contributed by atoms with E-state index in [2.05, 4.69) is 5.32 Å². The van der Waals surface area contributed by atoms with Crippen molar-refractivity contribution in [3.63, 3.8) is 0 Å². The Balaban J connectivity index is 2.14. The number of hydrogen-bond acceptors (Lipinski definition) is 4. The van der Waals surface area contributed by atoms with Gasteiger partial charge in [0.2, 0.25) is 0 Å². The maximum Gasteiger partial charge on any atom is 0.492 e. The predicted molar refractivity (Wildman–Crippen MR) is 85.9 cm³/mol. The SMILES string of the molecule is C[C@H](NC(=O)OC(C)(C)C)c1ccc2c(c1)B(O)OC2(C)C. The molecule has 5 nitrogen and oxygen atoms in total. The molecule has 2 rings (SSSR count). The molecule has 2 N–H and O–H groups in total. The van der Waals surface area contributed by atoms with E-state index in [0.717, 1.165) is 16.6 Å². The van der Waals surface area contributed by atoms with Crippen LogP contribution in [0.2, 0.25) is 0 Å². The highest BCUT2D eigenvalue weighted by Crippen LogP contribution is 2.30. The van der Waals surface area contributed by atoms with Crippen LogP contribution < -0.4 is 10.8 Å². The van der Waals surface area contributed by atoms with Crippen LogP contribution in [0.15, 0.2) is 18.2 Å². The molecule has 0 unspecified atom stereocenters. The third kappa shape index (κ3) is 3.62. The Morgan fingerprint density at radius 1 is 1.41 bits per heavy atom. The van der Waals surface area contributed by atoms with Gasteiger partial charge >= 0.3 is 13.2 Å². The smallest absolute Gasteiger partial charge is 0.444 e. The maximum absolute atomic E-state index is 11.8. The molecule has 6 heteroatoms. The highest BCUT2D eigenvalue weighted by atomic mass is 16.6. The summed E-state index contributed by atoms with van der Waals surface area (Å²) >= 11 is 0. The van der Waals surface area contributed by atoms with Gasteiger partial charge in [-0.3, -0.25) is 0 Å². The van der Waals surface area contributed by atoms with Crippen molar-refractivity contribution in [1.82, 2.24) is 5.32 Å². The zero-order valence-corrected chi connectivity index (χ0v) is 14.1. The van der Waals surface area contributed by atoms with Gasteiger partial charge in [0.25, 0.3) is 0 Å². The van der Waals surface area contributed by atoms with Crippen LogP contribution in [-0.4, -0.2) is 23.8 Å². The van der Waals surface area contributed by atoms with Crippen molar-refractivity contribution in [2.24, 2.45) is 0 Å². The number of fused-ring (bicyclic) bond motifs is 1. The number of nitrogens with one attached hydrogen (secondary N) is 1. The topological polar surface area (TPSA) is 67.8 Å². The van der Waals surface area contributed by atoms with Crippen LogP contribution in [0.25, 0.3) is 0 Å². The summed E-state index contributed by atoms with van der Waals surface area (Å²) < 4.78 is 10.8. The number of hydrogen-bond donors (Lipinski definition) is 2. The highest BCUT2D eigenvalue weighted by Gasteiger charge is 2.40. The lowest BCUT2D eigenvalue weighted by Gasteiger charge is -2.23. The summed E-state index contributed by atoms with van der Waals surface area (Å²) in [6.45, 7) is 11.2. The van der Waals surface area contributed by atoms with Crippen LogP contribution in [0.3, 0.4) is 0 Å². The Labute approximate surface area is 132 Å². The van der Waals surface area contributed by atoms with E-state index in [1.807, 2.05) is 59.7 Å². The third-order valence-corrected chi connectivity index (χ3v) is 3.63. The average Bonchev–Trinajstić information content (AvgIpc) is 2.57. The fraction of sp³-hybridized carbons (Fsp3) is 0.562. The van der Waals surface area contributed by atoms with Crippen molar-refractivity contribution in [2.75, 3.05) is 0 Å². The van der Waals surface area contributed by atoms with Gasteiger partial charge in [0, 0.05) is 0 Å². The second kappa shape index (κ2) is 5.59. The molecule has 0 radical (unpaired) electrons. The van der Waals surface area contributed by atoms with Crippen molar-refractivity contribution >= 4 is 18.7 Å². The largest absolute Gasteiger partial charge is 0.492 e. The summed E-state index contributed by atoms with van der Waals surface area (Å²) in [6.07, 6.45) is -0.461. The molecule has 0 fully saturated rings. The lowest BCUT2D eigenvalue weighted by molar-refractivity contribution is 0.0507. The van der Waals surface area contributed by atoms with Crippen LogP contribution in [0.4, 0.5) is 4.79 Å². The number of alkyl carbamates (subject to hydrolysis) is 1. The Morgan fingerprint density at radius 2 is 2.05 bits per heavy atom. The Bertz CT molecular complexity index is 580. The zero-order valence-electron chi connectivity index (χ0n) is 14.1. The van der Waals surface area contributed by atoms with Crippen molar-refractivity contribution in [3.05, 3.63) is 29.3 Å². The van der Waals surface area contributed by atoms with Gasteiger partial charge in [-0.05, 0) is 58.1 Å². The van der Waals surface area contributed by atoms with Crippen molar-refractivity contribution < 1.29 is 19.2 Å². The van der Waals surface area contributed by atoms with E-state index in [-0.39, 0.29) is 6.04 Å². The van der Waals surface area contributed by atoms with Crippen molar-refractivity contribution in [2.45, 2.75) is 58.8 Å². The predicted octanol–water partition coefficient (Wildman–Crippen LogP) is 2.23. The molecule has 0 aliphatic carbocycles. The molecule has 1 aliphatic heterocycles. The van der Waals surface area contributed by atoms with Gasteiger partial charge in [-0.25, -0.2) is 4.79 Å². The molecular formula is C16H24BNO4. The molecule has 0 saturated carbocycles. The number of rotatable bonds is 2. The number of amides is 1. The Morgan fingerprint density at radius 3 is 2.64 bits per heavy atom. The molecule has 1 atom stereocenters. The van der Waals surface area contributed by atoms with Gasteiger partial charge < -0.3 is 19.7 Å². The average molecular weight is 305 g/mol. The van der Waals surface area contributed by atoms with Crippen molar-refractivity contribution in [3.8, 4) is 0 Å². The first kappa shape index (κ1) is 16.8. The maximum atomic E-state index is 11.8. The summed E-state index contributed by atoms with van der Waals surface area (Å²) in [5, 5.41) is 12.8. The number of carbonyl (C=O) groups excluding carboxylic acids is 1. The first-order valence-electron chi connectivity index (χ1n) is 7.49. The van der Waals surface area contributed by atoms with Gasteiger partial charge in [-0.1, -0.05) is 18.2 Å². The molecule has 0 aromatic heterocycles. The highest BCUT2D eigenvalue weighted by molar-refractivity contribution is 6.62. The minimum absolute atomic E-state index is 0.226. The van der Waals surface area contributed by atoms with E-state index in [4.69, 9.17) is 9.39 Å². The summed E-state index contributed by atoms with van der Waals surface area (Å²) in [6, 6.07) is 5.52. The number of carbonyl (C=O) groups is 1. The summed E-state index contributed by atoms with van der Waals surface area (Å²) in [5.74, 6) is 0. The molecule has 1 aromatic rings. The fourth-order valence-electron chi connectivity index (χ4n) is 2.58. The van der Waals surface area contributed by atoms with E-state index < -0.39 is 24.4 Å². The molecule has 1 amide bonds. The lowest BCUT2D eigenvalue weighted by atomic mass is 9.77. The number of ether oxygens (including phenoxy) is 1. The minimum atomic E-state index is -0.932. The Kier molecular flexibility index (Phi) is 4.28. The van der Waals surface area contributed by atoms with Gasteiger partial charge in [0.1, 0.15) is 5.60 Å². The van der Waals surface area contributed by atoms with E-state index in [0.29, 0.717) is 0 Å². The van der Waals surface area contributed by atoms with Crippen LogP contribution in [0.1, 0.15) is 58.7 Å². The summed E-state index contributed by atoms with van der Waals surface area (Å²) in [7, 11) is -0.932. The standard InChI is InChI=1S/C16H24BNO4/c1-10(18-14(19)21-15(2,3)4)11-7-8-12-13(9-11)17(20)22-16(12,5)6/h7-10,20H,1-6H3,(H,18,19)/t10-/m0/s1. The van der Waals surface area contributed by atoms with Gasteiger partial charge in [-0.15, -0.1) is 0 Å². The van der Waals surface area contributed by atoms with E-state index in [9.17, 15) is 9.82 Å².